The summed E-state index contributed by atoms with van der Waals surface area (Å²) in [4.78, 5) is 10.8. The van der Waals surface area contributed by atoms with Gasteiger partial charge in [0.25, 0.3) is 0 Å². The SMILES string of the molecule is CCCCc1c(N)ccc(N=O)c1CCCC. The molecule has 0 radical (unpaired) electrons. The van der Waals surface area contributed by atoms with Crippen molar-refractivity contribution in [1.29, 1.82) is 0 Å². The number of rotatable bonds is 7. The fraction of sp³-hybridized carbons (Fsp3) is 0.571. The number of hydrogen-bond acceptors (Lipinski definition) is 3. The number of hydrogen-bond donors (Lipinski definition) is 1. The molecule has 3 heteroatoms. The summed E-state index contributed by atoms with van der Waals surface area (Å²) >= 11 is 0. The molecule has 0 unspecified atom stereocenters. The van der Waals surface area contributed by atoms with Gasteiger partial charge in [0, 0.05) is 5.69 Å². The lowest BCUT2D eigenvalue weighted by Crippen LogP contribution is -2.01. The molecule has 0 aliphatic rings. The molecule has 1 aromatic carbocycles. The summed E-state index contributed by atoms with van der Waals surface area (Å²) in [6, 6.07) is 3.54. The van der Waals surface area contributed by atoms with Crippen LogP contribution in [0.4, 0.5) is 11.4 Å². The van der Waals surface area contributed by atoms with E-state index in [-0.39, 0.29) is 0 Å². The molecule has 94 valence electrons. The number of nitrogen functional groups attached to an aromatic ring is 1. The molecular weight excluding hydrogens is 212 g/mol. The molecule has 0 amide bonds. The molecule has 0 saturated heterocycles. The van der Waals surface area contributed by atoms with Crippen LogP contribution >= 0.6 is 0 Å². The van der Waals surface area contributed by atoms with E-state index >= 15 is 0 Å². The van der Waals surface area contributed by atoms with Crippen LogP contribution in [0.2, 0.25) is 0 Å². The first-order valence-electron chi connectivity index (χ1n) is 6.48. The fourth-order valence-corrected chi connectivity index (χ4v) is 2.07. The Morgan fingerprint density at radius 3 is 2.18 bits per heavy atom. The van der Waals surface area contributed by atoms with Crippen LogP contribution in [0.5, 0.6) is 0 Å². The van der Waals surface area contributed by atoms with E-state index in [1.165, 1.54) is 0 Å². The minimum Gasteiger partial charge on any atom is -0.398 e. The zero-order valence-electron chi connectivity index (χ0n) is 10.8. The van der Waals surface area contributed by atoms with Crippen molar-refractivity contribution in [2.45, 2.75) is 52.4 Å². The molecular formula is C14H22N2O. The van der Waals surface area contributed by atoms with Crippen molar-refractivity contribution in [3.8, 4) is 0 Å². The Morgan fingerprint density at radius 2 is 1.65 bits per heavy atom. The molecule has 0 heterocycles. The summed E-state index contributed by atoms with van der Waals surface area (Å²) in [5.41, 5.74) is 9.59. The van der Waals surface area contributed by atoms with Crippen molar-refractivity contribution >= 4 is 11.4 Å². The van der Waals surface area contributed by atoms with Crippen LogP contribution in [-0.4, -0.2) is 0 Å². The second kappa shape index (κ2) is 7.05. The third-order valence-corrected chi connectivity index (χ3v) is 3.10. The normalized spacial score (nSPS) is 10.5. The number of unbranched alkanes of at least 4 members (excludes halogenated alkanes) is 2. The highest BCUT2D eigenvalue weighted by molar-refractivity contribution is 5.61. The third-order valence-electron chi connectivity index (χ3n) is 3.10. The van der Waals surface area contributed by atoms with E-state index in [0.717, 1.165) is 55.3 Å². The van der Waals surface area contributed by atoms with Gasteiger partial charge in [-0.25, -0.2) is 0 Å². The summed E-state index contributed by atoms with van der Waals surface area (Å²) in [5, 5.41) is 3.13. The molecule has 2 N–H and O–H groups in total. The van der Waals surface area contributed by atoms with Gasteiger partial charge in [-0.05, 0) is 54.1 Å². The van der Waals surface area contributed by atoms with Crippen molar-refractivity contribution in [3.05, 3.63) is 28.2 Å². The van der Waals surface area contributed by atoms with Crippen LogP contribution in [0.25, 0.3) is 0 Å². The van der Waals surface area contributed by atoms with Crippen LogP contribution in [-0.2, 0) is 12.8 Å². The highest BCUT2D eigenvalue weighted by Crippen LogP contribution is 2.30. The van der Waals surface area contributed by atoms with Gasteiger partial charge >= 0.3 is 0 Å². The second-order valence-corrected chi connectivity index (χ2v) is 4.43. The molecule has 0 fully saturated rings. The van der Waals surface area contributed by atoms with E-state index in [1.54, 1.807) is 12.1 Å². The number of nitrogens with zero attached hydrogens (tertiary/aromatic N) is 1. The number of anilines is 1. The topological polar surface area (TPSA) is 55.4 Å². The first kappa shape index (κ1) is 13.7. The molecule has 0 bridgehead atoms. The fourth-order valence-electron chi connectivity index (χ4n) is 2.07. The Bertz CT molecular complexity index is 375. The quantitative estimate of drug-likeness (QED) is 0.563. The lowest BCUT2D eigenvalue weighted by atomic mass is 9.95. The highest BCUT2D eigenvalue weighted by atomic mass is 16.3. The van der Waals surface area contributed by atoms with Crippen molar-refractivity contribution in [2.75, 3.05) is 5.73 Å². The van der Waals surface area contributed by atoms with E-state index in [2.05, 4.69) is 19.0 Å². The lowest BCUT2D eigenvalue weighted by Gasteiger charge is -2.13. The van der Waals surface area contributed by atoms with Crippen LogP contribution in [0.1, 0.15) is 50.7 Å². The molecule has 17 heavy (non-hydrogen) atoms. The van der Waals surface area contributed by atoms with Gasteiger partial charge in [0.15, 0.2) is 0 Å². The number of nitrogens with two attached hydrogens (primary N) is 1. The predicted molar refractivity (Wildman–Crippen MR) is 73.5 cm³/mol. The van der Waals surface area contributed by atoms with E-state index in [4.69, 9.17) is 5.73 Å². The van der Waals surface area contributed by atoms with Crippen LogP contribution in [0.3, 0.4) is 0 Å². The van der Waals surface area contributed by atoms with Crippen molar-refractivity contribution in [3.63, 3.8) is 0 Å². The molecule has 0 aliphatic carbocycles. The maximum Gasteiger partial charge on any atom is 0.111 e. The molecule has 0 saturated carbocycles. The van der Waals surface area contributed by atoms with Gasteiger partial charge in [0.2, 0.25) is 0 Å². The standard InChI is InChI=1S/C14H22N2O/c1-3-5-7-11-12(8-6-4-2)14(16-17)10-9-13(11)15/h9-10H,3-8,15H2,1-2H3. The van der Waals surface area contributed by atoms with Gasteiger partial charge in [-0.15, -0.1) is 4.91 Å². The smallest absolute Gasteiger partial charge is 0.111 e. The Hall–Kier alpha value is -1.38. The number of benzene rings is 1. The number of nitroso groups, excluding NO2 is 1. The summed E-state index contributed by atoms with van der Waals surface area (Å²) in [6.45, 7) is 4.30. The Labute approximate surface area is 103 Å². The predicted octanol–water partition coefficient (Wildman–Crippen LogP) is 4.35. The first-order chi connectivity index (χ1) is 8.24. The summed E-state index contributed by atoms with van der Waals surface area (Å²) in [7, 11) is 0. The van der Waals surface area contributed by atoms with E-state index in [0.29, 0.717) is 5.69 Å². The maximum absolute atomic E-state index is 10.8. The average molecular weight is 234 g/mol. The van der Waals surface area contributed by atoms with Crippen molar-refractivity contribution in [2.24, 2.45) is 5.18 Å². The lowest BCUT2D eigenvalue weighted by molar-refractivity contribution is 0.760. The van der Waals surface area contributed by atoms with Crippen LogP contribution in [0.15, 0.2) is 17.3 Å². The minimum absolute atomic E-state index is 0.568. The average Bonchev–Trinajstić information content (AvgIpc) is 2.35. The van der Waals surface area contributed by atoms with Crippen LogP contribution < -0.4 is 5.73 Å². The van der Waals surface area contributed by atoms with E-state index in [9.17, 15) is 4.91 Å². The molecule has 1 rings (SSSR count). The zero-order valence-corrected chi connectivity index (χ0v) is 10.8. The van der Waals surface area contributed by atoms with Gasteiger partial charge in [-0.3, -0.25) is 0 Å². The molecule has 0 spiro atoms. The van der Waals surface area contributed by atoms with Crippen molar-refractivity contribution < 1.29 is 0 Å². The van der Waals surface area contributed by atoms with E-state index < -0.39 is 0 Å². The van der Waals surface area contributed by atoms with Gasteiger partial charge in [-0.2, -0.15) is 0 Å². The molecule has 0 aliphatic heterocycles. The van der Waals surface area contributed by atoms with Gasteiger partial charge in [0.1, 0.15) is 5.69 Å². The van der Waals surface area contributed by atoms with E-state index in [1.807, 2.05) is 0 Å². The van der Waals surface area contributed by atoms with Gasteiger partial charge in [0.05, 0.1) is 0 Å². The van der Waals surface area contributed by atoms with Gasteiger partial charge < -0.3 is 5.73 Å². The molecule has 1 aromatic rings. The van der Waals surface area contributed by atoms with Crippen LogP contribution in [0, 0.1) is 4.91 Å². The Balaban J connectivity index is 3.06. The highest BCUT2D eigenvalue weighted by Gasteiger charge is 2.11. The summed E-state index contributed by atoms with van der Waals surface area (Å²) < 4.78 is 0. The Morgan fingerprint density at radius 1 is 1.06 bits per heavy atom. The summed E-state index contributed by atoms with van der Waals surface area (Å²) in [5.74, 6) is 0. The first-order valence-corrected chi connectivity index (χ1v) is 6.48. The molecule has 0 aromatic heterocycles. The molecule has 0 atom stereocenters. The summed E-state index contributed by atoms with van der Waals surface area (Å²) in [6.07, 6.45) is 6.27. The van der Waals surface area contributed by atoms with Gasteiger partial charge in [-0.1, -0.05) is 26.7 Å². The Kier molecular flexibility index (Phi) is 5.67. The third kappa shape index (κ3) is 3.55. The molecule has 3 nitrogen and oxygen atoms in total. The minimum atomic E-state index is 0.568. The monoisotopic (exact) mass is 234 g/mol. The van der Waals surface area contributed by atoms with Crippen molar-refractivity contribution in [1.82, 2.24) is 0 Å². The zero-order chi connectivity index (χ0) is 12.7. The largest absolute Gasteiger partial charge is 0.398 e. The second-order valence-electron chi connectivity index (χ2n) is 4.43. The maximum atomic E-state index is 10.8.